The van der Waals surface area contributed by atoms with Gasteiger partial charge >= 0.3 is 0 Å². The molecule has 0 spiro atoms. The number of imidazole rings is 1. The molecule has 0 N–H and O–H groups in total. The Balaban J connectivity index is 2.82. The Morgan fingerprint density at radius 2 is 2.15 bits per heavy atom. The SMILES string of the molecule is Cc1cn2cc(C=O)cc(C)c2n1. The van der Waals surface area contributed by atoms with Crippen LogP contribution in [0.2, 0.25) is 0 Å². The fourth-order valence-electron chi connectivity index (χ4n) is 1.48. The van der Waals surface area contributed by atoms with Crippen LogP contribution in [0.15, 0.2) is 18.5 Å². The van der Waals surface area contributed by atoms with E-state index in [0.29, 0.717) is 5.56 Å². The van der Waals surface area contributed by atoms with Gasteiger partial charge < -0.3 is 4.40 Å². The molecule has 0 unspecified atom stereocenters. The smallest absolute Gasteiger partial charge is 0.151 e. The molecular formula is C10H10N2O. The Morgan fingerprint density at radius 3 is 2.85 bits per heavy atom. The molecule has 2 rings (SSSR count). The normalized spacial score (nSPS) is 10.6. The summed E-state index contributed by atoms with van der Waals surface area (Å²) in [6.07, 6.45) is 4.55. The second kappa shape index (κ2) is 2.69. The summed E-state index contributed by atoms with van der Waals surface area (Å²) in [5.41, 5.74) is 3.59. The first kappa shape index (κ1) is 7.98. The Bertz CT molecular complexity index is 471. The summed E-state index contributed by atoms with van der Waals surface area (Å²) in [5.74, 6) is 0. The summed E-state index contributed by atoms with van der Waals surface area (Å²) in [6, 6.07) is 1.84. The maximum Gasteiger partial charge on any atom is 0.151 e. The zero-order chi connectivity index (χ0) is 9.42. The van der Waals surface area contributed by atoms with Crippen molar-refractivity contribution in [3.05, 3.63) is 35.3 Å². The average Bonchev–Trinajstić information content (AvgIpc) is 2.46. The van der Waals surface area contributed by atoms with Crippen LogP contribution in [0.3, 0.4) is 0 Å². The quantitative estimate of drug-likeness (QED) is 0.617. The fourth-order valence-corrected chi connectivity index (χ4v) is 1.48. The number of hydrogen-bond acceptors (Lipinski definition) is 2. The molecule has 2 aromatic heterocycles. The standard InChI is InChI=1S/C10H10N2O/c1-7-3-9(6-13)5-12-4-8(2)11-10(7)12/h3-6H,1-2H3. The monoisotopic (exact) mass is 174 g/mol. The first-order chi connectivity index (χ1) is 6.20. The van der Waals surface area contributed by atoms with Crippen LogP contribution < -0.4 is 0 Å². The van der Waals surface area contributed by atoms with Crippen molar-refractivity contribution in [2.45, 2.75) is 13.8 Å². The Kier molecular flexibility index (Phi) is 1.65. The van der Waals surface area contributed by atoms with Crippen LogP contribution in [0.4, 0.5) is 0 Å². The molecule has 0 aliphatic carbocycles. The van der Waals surface area contributed by atoms with Gasteiger partial charge in [0.1, 0.15) is 5.65 Å². The first-order valence-electron chi connectivity index (χ1n) is 4.12. The number of pyridine rings is 1. The lowest BCUT2D eigenvalue weighted by Crippen LogP contribution is -1.91. The third-order valence-corrected chi connectivity index (χ3v) is 2.01. The third-order valence-electron chi connectivity index (χ3n) is 2.01. The van der Waals surface area contributed by atoms with E-state index < -0.39 is 0 Å². The molecule has 13 heavy (non-hydrogen) atoms. The average molecular weight is 174 g/mol. The van der Waals surface area contributed by atoms with E-state index in [1.54, 1.807) is 6.20 Å². The van der Waals surface area contributed by atoms with Gasteiger partial charge in [-0.3, -0.25) is 4.79 Å². The second-order valence-electron chi connectivity index (χ2n) is 3.19. The Hall–Kier alpha value is -1.64. The molecule has 0 fully saturated rings. The molecule has 0 radical (unpaired) electrons. The molecule has 66 valence electrons. The number of carbonyl (C=O) groups is 1. The molecule has 2 heterocycles. The van der Waals surface area contributed by atoms with Crippen LogP contribution in [-0.2, 0) is 0 Å². The van der Waals surface area contributed by atoms with Gasteiger partial charge in [-0.15, -0.1) is 0 Å². The summed E-state index contributed by atoms with van der Waals surface area (Å²) in [5, 5.41) is 0. The highest BCUT2D eigenvalue weighted by atomic mass is 16.1. The van der Waals surface area contributed by atoms with Crippen molar-refractivity contribution in [2.75, 3.05) is 0 Å². The predicted octanol–water partition coefficient (Wildman–Crippen LogP) is 1.76. The topological polar surface area (TPSA) is 34.4 Å². The number of aromatic nitrogens is 2. The minimum Gasteiger partial charge on any atom is -0.306 e. The van der Waals surface area contributed by atoms with Crippen molar-refractivity contribution in [2.24, 2.45) is 0 Å². The second-order valence-corrected chi connectivity index (χ2v) is 3.19. The van der Waals surface area contributed by atoms with E-state index in [9.17, 15) is 4.79 Å². The molecule has 3 heteroatoms. The van der Waals surface area contributed by atoms with Crippen LogP contribution in [0.25, 0.3) is 5.65 Å². The van der Waals surface area contributed by atoms with Crippen LogP contribution in [0, 0.1) is 13.8 Å². The molecule has 0 aliphatic rings. The molecule has 0 amide bonds. The highest BCUT2D eigenvalue weighted by molar-refractivity contribution is 5.76. The molecule has 0 bridgehead atoms. The minimum atomic E-state index is 0.683. The van der Waals surface area contributed by atoms with E-state index in [1.165, 1.54) is 0 Å². The summed E-state index contributed by atoms with van der Waals surface area (Å²) in [6.45, 7) is 3.89. The first-order valence-corrected chi connectivity index (χ1v) is 4.12. The maximum atomic E-state index is 10.6. The summed E-state index contributed by atoms with van der Waals surface area (Å²) in [4.78, 5) is 14.9. The van der Waals surface area contributed by atoms with Crippen molar-refractivity contribution in [1.82, 2.24) is 9.38 Å². The van der Waals surface area contributed by atoms with Gasteiger partial charge in [-0.1, -0.05) is 0 Å². The van der Waals surface area contributed by atoms with Gasteiger partial charge in [0.05, 0.1) is 5.69 Å². The van der Waals surface area contributed by atoms with Crippen molar-refractivity contribution in [1.29, 1.82) is 0 Å². The van der Waals surface area contributed by atoms with E-state index in [2.05, 4.69) is 4.98 Å². The van der Waals surface area contributed by atoms with E-state index in [0.717, 1.165) is 23.2 Å². The lowest BCUT2D eigenvalue weighted by Gasteiger charge is -1.98. The van der Waals surface area contributed by atoms with Gasteiger partial charge in [-0.25, -0.2) is 4.98 Å². The molecule has 0 atom stereocenters. The number of aldehydes is 1. The summed E-state index contributed by atoms with van der Waals surface area (Å²) >= 11 is 0. The molecule has 0 aromatic carbocycles. The van der Waals surface area contributed by atoms with Gasteiger partial charge in [0.15, 0.2) is 6.29 Å². The lowest BCUT2D eigenvalue weighted by molar-refractivity contribution is 0.112. The zero-order valence-corrected chi connectivity index (χ0v) is 7.61. The number of carbonyl (C=O) groups excluding carboxylic acids is 1. The largest absolute Gasteiger partial charge is 0.306 e. The van der Waals surface area contributed by atoms with Crippen LogP contribution in [0.5, 0.6) is 0 Å². The third kappa shape index (κ3) is 1.22. The van der Waals surface area contributed by atoms with Crippen molar-refractivity contribution >= 4 is 11.9 Å². The van der Waals surface area contributed by atoms with E-state index >= 15 is 0 Å². The predicted molar refractivity (Wildman–Crippen MR) is 50.1 cm³/mol. The lowest BCUT2D eigenvalue weighted by atomic mass is 10.2. The van der Waals surface area contributed by atoms with Crippen LogP contribution >= 0.6 is 0 Å². The van der Waals surface area contributed by atoms with Crippen molar-refractivity contribution in [3.8, 4) is 0 Å². The fraction of sp³-hybridized carbons (Fsp3) is 0.200. The van der Waals surface area contributed by atoms with Gasteiger partial charge in [-0.05, 0) is 25.5 Å². The van der Waals surface area contributed by atoms with Gasteiger partial charge in [0, 0.05) is 18.0 Å². The number of nitrogens with zero attached hydrogens (tertiary/aromatic N) is 2. The highest BCUT2D eigenvalue weighted by Crippen LogP contribution is 2.11. The molecular weight excluding hydrogens is 164 g/mol. The molecule has 0 aliphatic heterocycles. The molecule has 0 saturated carbocycles. The van der Waals surface area contributed by atoms with Gasteiger partial charge in [0.2, 0.25) is 0 Å². The Labute approximate surface area is 76.0 Å². The van der Waals surface area contributed by atoms with Crippen molar-refractivity contribution < 1.29 is 4.79 Å². The van der Waals surface area contributed by atoms with Gasteiger partial charge in [-0.2, -0.15) is 0 Å². The number of hydrogen-bond donors (Lipinski definition) is 0. The Morgan fingerprint density at radius 1 is 1.38 bits per heavy atom. The van der Waals surface area contributed by atoms with Crippen LogP contribution in [-0.4, -0.2) is 15.7 Å². The summed E-state index contributed by atoms with van der Waals surface area (Å²) in [7, 11) is 0. The number of aryl methyl sites for hydroxylation is 2. The van der Waals surface area contributed by atoms with Crippen LogP contribution in [0.1, 0.15) is 21.6 Å². The van der Waals surface area contributed by atoms with Crippen molar-refractivity contribution in [3.63, 3.8) is 0 Å². The maximum absolute atomic E-state index is 10.6. The number of fused-ring (bicyclic) bond motifs is 1. The van der Waals surface area contributed by atoms with Gasteiger partial charge in [0.25, 0.3) is 0 Å². The molecule has 2 aromatic rings. The number of rotatable bonds is 1. The zero-order valence-electron chi connectivity index (χ0n) is 7.61. The molecule has 3 nitrogen and oxygen atoms in total. The van der Waals surface area contributed by atoms with E-state index in [-0.39, 0.29) is 0 Å². The minimum absolute atomic E-state index is 0.683. The molecule has 0 saturated heterocycles. The summed E-state index contributed by atoms with van der Waals surface area (Å²) < 4.78 is 1.88. The van der Waals surface area contributed by atoms with E-state index in [4.69, 9.17) is 0 Å². The van der Waals surface area contributed by atoms with E-state index in [1.807, 2.05) is 30.5 Å². The highest BCUT2D eigenvalue weighted by Gasteiger charge is 2.02.